The van der Waals surface area contributed by atoms with Crippen LogP contribution in [0.1, 0.15) is 13.8 Å². The number of nitrogens with zero attached hydrogens (tertiary/aromatic N) is 2. The summed E-state index contributed by atoms with van der Waals surface area (Å²) in [6, 6.07) is 0. The highest BCUT2D eigenvalue weighted by atomic mass is 16.2. The zero-order chi connectivity index (χ0) is 13.1. The molecule has 5 heteroatoms. The van der Waals surface area contributed by atoms with Crippen molar-refractivity contribution >= 4 is 5.91 Å². The van der Waals surface area contributed by atoms with E-state index in [1.54, 1.807) is 6.92 Å². The first-order valence-corrected chi connectivity index (χ1v) is 6.39. The molecule has 5 nitrogen and oxygen atoms in total. The quantitative estimate of drug-likeness (QED) is 0.661. The molecule has 0 atom stereocenters. The monoisotopic (exact) mass is 244 g/mol. The normalized spacial score (nSPS) is 15.5. The van der Waals surface area contributed by atoms with E-state index in [4.69, 9.17) is 0 Å². The molecule has 17 heavy (non-hydrogen) atoms. The number of rotatable bonds is 4. The summed E-state index contributed by atoms with van der Waals surface area (Å²) in [7, 11) is 4.16. The first kappa shape index (κ1) is 16.4. The molecule has 1 fully saturated rings. The van der Waals surface area contributed by atoms with Gasteiger partial charge in [0.2, 0.25) is 5.91 Å². The van der Waals surface area contributed by atoms with Crippen molar-refractivity contribution in [1.29, 1.82) is 0 Å². The van der Waals surface area contributed by atoms with E-state index in [2.05, 4.69) is 36.6 Å². The van der Waals surface area contributed by atoms with E-state index >= 15 is 0 Å². The van der Waals surface area contributed by atoms with Crippen LogP contribution in [-0.4, -0.2) is 75.6 Å². The average molecular weight is 244 g/mol. The maximum absolute atomic E-state index is 10.7. The van der Waals surface area contributed by atoms with Crippen molar-refractivity contribution in [2.45, 2.75) is 13.8 Å². The summed E-state index contributed by atoms with van der Waals surface area (Å²) >= 11 is 0. The van der Waals surface area contributed by atoms with Gasteiger partial charge < -0.3 is 20.4 Å². The molecule has 2 N–H and O–H groups in total. The summed E-state index contributed by atoms with van der Waals surface area (Å²) in [6.07, 6.45) is 0. The summed E-state index contributed by atoms with van der Waals surface area (Å²) in [5, 5.41) is 6.41. The van der Waals surface area contributed by atoms with Crippen molar-refractivity contribution in [2.75, 3.05) is 59.9 Å². The number of hydrogen-bond acceptors (Lipinski definition) is 4. The summed E-state index contributed by atoms with van der Waals surface area (Å²) in [6.45, 7) is 10.7. The maximum Gasteiger partial charge on any atom is 0.219 e. The Hall–Kier alpha value is -0.650. The Morgan fingerprint density at radius 1 is 1.35 bits per heavy atom. The van der Waals surface area contributed by atoms with Gasteiger partial charge in [0.25, 0.3) is 0 Å². The molecule has 1 amide bonds. The Labute approximate surface area is 106 Å². The number of hydrogen-bond donors (Lipinski definition) is 2. The molecule has 1 heterocycles. The Kier molecular flexibility index (Phi) is 10.1. The molecule has 0 unspecified atom stereocenters. The minimum atomic E-state index is 0.191. The molecule has 1 aliphatic rings. The number of nitrogens with one attached hydrogen (secondary N) is 2. The van der Waals surface area contributed by atoms with Gasteiger partial charge in [-0.15, -0.1) is 0 Å². The smallest absolute Gasteiger partial charge is 0.219 e. The predicted octanol–water partition coefficient (Wildman–Crippen LogP) is -0.404. The van der Waals surface area contributed by atoms with E-state index in [0.29, 0.717) is 0 Å². The average Bonchev–Trinajstić information content (AvgIpc) is 2.31. The highest BCUT2D eigenvalue weighted by Gasteiger charge is 2.10. The molecule has 0 aromatic heterocycles. The molecule has 0 aromatic rings. The fourth-order valence-electron chi connectivity index (χ4n) is 1.46. The summed E-state index contributed by atoms with van der Waals surface area (Å²) in [5.41, 5.74) is 0. The van der Waals surface area contributed by atoms with Crippen LogP contribution in [0.15, 0.2) is 0 Å². The molecular formula is C12H28N4O. The molecule has 0 aliphatic carbocycles. The predicted molar refractivity (Wildman–Crippen MR) is 72.2 cm³/mol. The van der Waals surface area contributed by atoms with Crippen molar-refractivity contribution in [1.82, 2.24) is 20.4 Å². The van der Waals surface area contributed by atoms with Crippen molar-refractivity contribution in [2.24, 2.45) is 0 Å². The van der Waals surface area contributed by atoms with E-state index < -0.39 is 0 Å². The maximum atomic E-state index is 10.7. The van der Waals surface area contributed by atoms with Crippen LogP contribution in [0.3, 0.4) is 0 Å². The van der Waals surface area contributed by atoms with Gasteiger partial charge in [-0.1, -0.05) is 6.92 Å². The molecule has 0 radical (unpaired) electrons. The lowest BCUT2D eigenvalue weighted by molar-refractivity contribution is -0.129. The second-order valence-electron chi connectivity index (χ2n) is 4.41. The van der Waals surface area contributed by atoms with Gasteiger partial charge in [-0.2, -0.15) is 0 Å². The summed E-state index contributed by atoms with van der Waals surface area (Å²) in [4.78, 5) is 14.7. The largest absolute Gasteiger partial charge is 0.340 e. The van der Waals surface area contributed by atoms with E-state index in [-0.39, 0.29) is 5.91 Å². The van der Waals surface area contributed by atoms with E-state index in [1.807, 2.05) is 4.90 Å². The number of carbonyl (C=O) groups is 1. The van der Waals surface area contributed by atoms with Crippen LogP contribution in [0.4, 0.5) is 0 Å². The first-order valence-electron chi connectivity index (χ1n) is 6.39. The number of amides is 1. The Morgan fingerprint density at radius 2 is 1.94 bits per heavy atom. The molecule has 1 saturated heterocycles. The highest BCUT2D eigenvalue weighted by molar-refractivity contribution is 5.73. The number of likely N-dealkylation sites (N-methyl/N-ethyl adjacent to an activating group) is 2. The third-order valence-corrected chi connectivity index (χ3v) is 2.55. The van der Waals surface area contributed by atoms with Crippen molar-refractivity contribution < 1.29 is 4.79 Å². The molecule has 0 saturated carbocycles. The lowest BCUT2D eigenvalue weighted by Gasteiger charge is -2.25. The second-order valence-corrected chi connectivity index (χ2v) is 4.41. The second kappa shape index (κ2) is 10.5. The fourth-order valence-corrected chi connectivity index (χ4v) is 1.46. The van der Waals surface area contributed by atoms with Gasteiger partial charge in [0, 0.05) is 46.2 Å². The molecular weight excluding hydrogens is 216 g/mol. The van der Waals surface area contributed by atoms with Gasteiger partial charge in [0.05, 0.1) is 0 Å². The van der Waals surface area contributed by atoms with Gasteiger partial charge in [-0.25, -0.2) is 0 Å². The van der Waals surface area contributed by atoms with E-state index in [0.717, 1.165) is 45.8 Å². The Morgan fingerprint density at radius 3 is 2.29 bits per heavy atom. The van der Waals surface area contributed by atoms with Gasteiger partial charge in [0.15, 0.2) is 0 Å². The van der Waals surface area contributed by atoms with E-state index in [9.17, 15) is 4.79 Å². The standard InChI is InChI=1S/C6H12N2O.C6H16N2/c1-6(9)8-4-2-7-3-5-8;1-4-7-5-6-8(2)3/h7H,2-5H2,1H3;7H,4-6H2,1-3H3. The molecule has 1 aliphatic heterocycles. The van der Waals surface area contributed by atoms with Crippen LogP contribution < -0.4 is 10.6 Å². The van der Waals surface area contributed by atoms with Gasteiger partial charge in [0.1, 0.15) is 0 Å². The summed E-state index contributed by atoms with van der Waals surface area (Å²) in [5.74, 6) is 0.191. The van der Waals surface area contributed by atoms with Gasteiger partial charge >= 0.3 is 0 Å². The van der Waals surface area contributed by atoms with Crippen LogP contribution in [0.5, 0.6) is 0 Å². The molecule has 0 spiro atoms. The van der Waals surface area contributed by atoms with Gasteiger partial charge in [-0.05, 0) is 20.6 Å². The third kappa shape index (κ3) is 10.2. The third-order valence-electron chi connectivity index (χ3n) is 2.55. The zero-order valence-electron chi connectivity index (χ0n) is 11.8. The Bertz CT molecular complexity index is 191. The van der Waals surface area contributed by atoms with Crippen LogP contribution in [0.25, 0.3) is 0 Å². The SMILES string of the molecule is CC(=O)N1CCNCC1.CCNCCN(C)C. The first-order chi connectivity index (χ1) is 8.07. The summed E-state index contributed by atoms with van der Waals surface area (Å²) < 4.78 is 0. The van der Waals surface area contributed by atoms with Gasteiger partial charge in [-0.3, -0.25) is 4.79 Å². The van der Waals surface area contributed by atoms with E-state index in [1.165, 1.54) is 0 Å². The highest BCUT2D eigenvalue weighted by Crippen LogP contribution is 1.90. The molecule has 1 rings (SSSR count). The Balaban J connectivity index is 0.000000304. The van der Waals surface area contributed by atoms with Crippen LogP contribution in [-0.2, 0) is 4.79 Å². The van der Waals surface area contributed by atoms with Crippen LogP contribution in [0, 0.1) is 0 Å². The van der Waals surface area contributed by atoms with Crippen LogP contribution >= 0.6 is 0 Å². The van der Waals surface area contributed by atoms with Crippen LogP contribution in [0.2, 0.25) is 0 Å². The minimum Gasteiger partial charge on any atom is -0.340 e. The molecule has 0 aromatic carbocycles. The lowest BCUT2D eigenvalue weighted by Crippen LogP contribution is -2.45. The lowest BCUT2D eigenvalue weighted by atomic mass is 10.4. The fraction of sp³-hybridized carbons (Fsp3) is 0.917. The number of piperazine rings is 1. The molecule has 0 bridgehead atoms. The minimum absolute atomic E-state index is 0.191. The van der Waals surface area contributed by atoms with Crippen molar-refractivity contribution in [3.05, 3.63) is 0 Å². The topological polar surface area (TPSA) is 47.6 Å². The zero-order valence-corrected chi connectivity index (χ0v) is 11.8. The van der Waals surface area contributed by atoms with Crippen molar-refractivity contribution in [3.63, 3.8) is 0 Å². The molecule has 102 valence electrons. The number of carbonyl (C=O) groups excluding carboxylic acids is 1. The van der Waals surface area contributed by atoms with Crippen molar-refractivity contribution in [3.8, 4) is 0 Å².